The number of unbranched alkanes of at least 4 members (excludes halogenated alkanes) is 3. The molecule has 0 spiro atoms. The van der Waals surface area contributed by atoms with Crippen molar-refractivity contribution in [1.29, 1.82) is 0 Å². The average molecular weight is 307 g/mol. The van der Waals surface area contributed by atoms with Crippen molar-refractivity contribution in [2.45, 2.75) is 51.2 Å². The van der Waals surface area contributed by atoms with Gasteiger partial charge in [-0.25, -0.2) is 4.79 Å². The Morgan fingerprint density at radius 2 is 1.86 bits per heavy atom. The Balaban J connectivity index is 2.60. The van der Waals surface area contributed by atoms with E-state index in [9.17, 15) is 14.7 Å². The van der Waals surface area contributed by atoms with E-state index in [1.807, 2.05) is 0 Å². The van der Waals surface area contributed by atoms with Crippen LogP contribution in [0.4, 0.5) is 0 Å². The molecule has 0 bridgehead atoms. The number of aliphatic hydroxyl groups excluding tert-OH is 1. The summed E-state index contributed by atoms with van der Waals surface area (Å²) in [6.45, 7) is 2.11. The summed E-state index contributed by atoms with van der Waals surface area (Å²) >= 11 is 0. The van der Waals surface area contributed by atoms with Gasteiger partial charge in [-0.3, -0.25) is 4.79 Å². The summed E-state index contributed by atoms with van der Waals surface area (Å²) in [4.78, 5) is 23.8. The maximum absolute atomic E-state index is 12.1. The highest BCUT2D eigenvalue weighted by atomic mass is 16.5. The van der Waals surface area contributed by atoms with Crippen LogP contribution in [0.2, 0.25) is 0 Å². The quantitative estimate of drug-likeness (QED) is 0.542. The molecule has 0 aliphatic rings. The molecule has 1 aromatic carbocycles. The van der Waals surface area contributed by atoms with Crippen molar-refractivity contribution in [3.05, 3.63) is 35.9 Å². The molecule has 2 N–H and O–H groups in total. The molecule has 0 aliphatic heterocycles. The molecule has 122 valence electrons. The fourth-order valence-electron chi connectivity index (χ4n) is 2.20. The highest BCUT2D eigenvalue weighted by Gasteiger charge is 2.25. The van der Waals surface area contributed by atoms with Crippen molar-refractivity contribution in [2.75, 3.05) is 7.11 Å². The molecule has 0 saturated carbocycles. The van der Waals surface area contributed by atoms with Gasteiger partial charge in [-0.1, -0.05) is 62.9 Å². The molecular weight excluding hydrogens is 282 g/mol. The number of carbonyl (C=O) groups is 2. The second-order valence-corrected chi connectivity index (χ2v) is 5.25. The zero-order valence-corrected chi connectivity index (χ0v) is 13.2. The number of rotatable bonds is 9. The maximum Gasteiger partial charge on any atom is 0.328 e. The van der Waals surface area contributed by atoms with Crippen molar-refractivity contribution in [3.63, 3.8) is 0 Å². The Morgan fingerprint density at radius 1 is 1.18 bits per heavy atom. The van der Waals surface area contributed by atoms with Gasteiger partial charge in [-0.15, -0.1) is 0 Å². The van der Waals surface area contributed by atoms with Crippen molar-refractivity contribution in [3.8, 4) is 0 Å². The summed E-state index contributed by atoms with van der Waals surface area (Å²) in [5.74, 6) is -1.07. The number of nitrogens with one attached hydrogen (secondary N) is 1. The van der Waals surface area contributed by atoms with Crippen LogP contribution in [0, 0.1) is 0 Å². The van der Waals surface area contributed by atoms with E-state index in [0.29, 0.717) is 12.0 Å². The van der Waals surface area contributed by atoms with E-state index < -0.39 is 24.0 Å². The van der Waals surface area contributed by atoms with Crippen LogP contribution in [0.25, 0.3) is 0 Å². The summed E-state index contributed by atoms with van der Waals surface area (Å²) in [5.41, 5.74) is 0.495. The van der Waals surface area contributed by atoms with Crippen LogP contribution in [0.15, 0.2) is 30.3 Å². The number of methoxy groups -OCH3 is 1. The highest BCUT2D eigenvalue weighted by molar-refractivity contribution is 5.87. The van der Waals surface area contributed by atoms with Gasteiger partial charge in [0.15, 0.2) is 6.10 Å². The first kappa shape index (κ1) is 18.2. The molecule has 1 rings (SSSR count). The normalized spacial score (nSPS) is 13.2. The van der Waals surface area contributed by atoms with Crippen LogP contribution in [0.5, 0.6) is 0 Å². The predicted octanol–water partition coefficient (Wildman–Crippen LogP) is 2.35. The minimum atomic E-state index is -1.29. The van der Waals surface area contributed by atoms with Crippen molar-refractivity contribution in [2.24, 2.45) is 0 Å². The lowest BCUT2D eigenvalue weighted by molar-refractivity contribution is -0.146. The Hall–Kier alpha value is -1.88. The van der Waals surface area contributed by atoms with Crippen LogP contribution in [0.3, 0.4) is 0 Å². The summed E-state index contributed by atoms with van der Waals surface area (Å²) in [6, 6.07) is 7.91. The van der Waals surface area contributed by atoms with Crippen molar-refractivity contribution in [1.82, 2.24) is 5.32 Å². The molecule has 0 aliphatic carbocycles. The van der Waals surface area contributed by atoms with E-state index in [4.69, 9.17) is 4.74 Å². The number of benzene rings is 1. The van der Waals surface area contributed by atoms with Crippen LogP contribution in [-0.2, 0) is 14.3 Å². The minimum Gasteiger partial charge on any atom is -0.467 e. The van der Waals surface area contributed by atoms with Gasteiger partial charge in [0.25, 0.3) is 5.91 Å². The zero-order valence-electron chi connectivity index (χ0n) is 13.2. The monoisotopic (exact) mass is 307 g/mol. The number of carbonyl (C=O) groups excluding carboxylic acids is 2. The van der Waals surface area contributed by atoms with Crippen LogP contribution < -0.4 is 5.32 Å². The molecule has 5 nitrogen and oxygen atoms in total. The third-order valence-electron chi connectivity index (χ3n) is 3.51. The topological polar surface area (TPSA) is 75.6 Å². The van der Waals surface area contributed by atoms with Crippen molar-refractivity contribution >= 4 is 11.9 Å². The first-order valence-corrected chi connectivity index (χ1v) is 7.71. The number of hydrogen-bond acceptors (Lipinski definition) is 4. The Morgan fingerprint density at radius 3 is 2.45 bits per heavy atom. The number of ether oxygens (including phenoxy) is 1. The van der Waals surface area contributed by atoms with Gasteiger partial charge in [0, 0.05) is 0 Å². The first-order valence-electron chi connectivity index (χ1n) is 7.71. The smallest absolute Gasteiger partial charge is 0.328 e. The first-order chi connectivity index (χ1) is 10.6. The zero-order chi connectivity index (χ0) is 16.4. The van der Waals surface area contributed by atoms with Crippen molar-refractivity contribution < 1.29 is 19.4 Å². The highest BCUT2D eigenvalue weighted by Crippen LogP contribution is 2.13. The Kier molecular flexibility index (Phi) is 8.22. The van der Waals surface area contributed by atoms with E-state index in [2.05, 4.69) is 12.2 Å². The predicted molar refractivity (Wildman–Crippen MR) is 84.1 cm³/mol. The van der Waals surface area contributed by atoms with Gasteiger partial charge < -0.3 is 15.2 Å². The Labute approximate surface area is 131 Å². The summed E-state index contributed by atoms with van der Waals surface area (Å²) in [6.07, 6.45) is 3.25. The fourth-order valence-corrected chi connectivity index (χ4v) is 2.20. The lowest BCUT2D eigenvalue weighted by Gasteiger charge is -2.19. The molecule has 0 radical (unpaired) electrons. The summed E-state index contributed by atoms with van der Waals surface area (Å²) in [5, 5.41) is 12.6. The average Bonchev–Trinajstić information content (AvgIpc) is 2.56. The van der Waals surface area contributed by atoms with E-state index in [1.54, 1.807) is 30.3 Å². The van der Waals surface area contributed by atoms with E-state index in [0.717, 1.165) is 25.7 Å². The largest absolute Gasteiger partial charge is 0.467 e. The minimum absolute atomic E-state index is 0.481. The standard InChI is InChI=1S/C17H25NO4/c1-3-4-5-9-12-14(17(21)22-2)18-16(20)15(19)13-10-7-6-8-11-13/h6-8,10-11,14-15,19H,3-5,9,12H2,1-2H3,(H,18,20)/t14-,15-/m0/s1. The summed E-state index contributed by atoms with van der Waals surface area (Å²) < 4.78 is 4.72. The number of aliphatic hydroxyl groups is 1. The third-order valence-corrected chi connectivity index (χ3v) is 3.51. The van der Waals surface area contributed by atoms with Gasteiger partial charge in [0.1, 0.15) is 6.04 Å². The molecule has 0 heterocycles. The van der Waals surface area contributed by atoms with Crippen LogP contribution in [0.1, 0.15) is 50.7 Å². The molecular formula is C17H25NO4. The maximum atomic E-state index is 12.1. The molecule has 0 saturated heterocycles. The molecule has 5 heteroatoms. The second-order valence-electron chi connectivity index (χ2n) is 5.25. The van der Waals surface area contributed by atoms with E-state index >= 15 is 0 Å². The van der Waals surface area contributed by atoms with Gasteiger partial charge in [-0.05, 0) is 12.0 Å². The molecule has 22 heavy (non-hydrogen) atoms. The second kappa shape index (κ2) is 9.95. The van der Waals surface area contributed by atoms with Gasteiger partial charge in [0.05, 0.1) is 7.11 Å². The van der Waals surface area contributed by atoms with Crippen LogP contribution in [-0.4, -0.2) is 30.1 Å². The molecule has 1 amide bonds. The lowest BCUT2D eigenvalue weighted by Crippen LogP contribution is -2.43. The van der Waals surface area contributed by atoms with Crippen LogP contribution >= 0.6 is 0 Å². The number of amides is 1. The molecule has 0 fully saturated rings. The molecule has 0 unspecified atom stereocenters. The number of hydrogen-bond donors (Lipinski definition) is 2. The Bertz CT molecular complexity index is 461. The van der Waals surface area contributed by atoms with Gasteiger partial charge in [0.2, 0.25) is 0 Å². The number of esters is 1. The molecule has 0 aromatic heterocycles. The van der Waals surface area contributed by atoms with E-state index in [1.165, 1.54) is 7.11 Å². The lowest BCUT2D eigenvalue weighted by atomic mass is 10.1. The van der Waals surface area contributed by atoms with Gasteiger partial charge in [-0.2, -0.15) is 0 Å². The SMILES string of the molecule is CCCCCC[C@H](NC(=O)[C@@H](O)c1ccccc1)C(=O)OC. The fraction of sp³-hybridized carbons (Fsp3) is 0.529. The third kappa shape index (κ3) is 5.85. The molecule has 1 aromatic rings. The molecule has 2 atom stereocenters. The van der Waals surface area contributed by atoms with Gasteiger partial charge >= 0.3 is 5.97 Å². The summed E-state index contributed by atoms with van der Waals surface area (Å²) in [7, 11) is 1.29. The van der Waals surface area contributed by atoms with E-state index in [-0.39, 0.29) is 0 Å².